The number of para-hydroxylation sites is 1. The van der Waals surface area contributed by atoms with Crippen LogP contribution in [0.5, 0.6) is 0 Å². The quantitative estimate of drug-likeness (QED) is 0.771. The second-order valence-electron chi connectivity index (χ2n) is 5.68. The zero-order valence-electron chi connectivity index (χ0n) is 13.5. The highest BCUT2D eigenvalue weighted by molar-refractivity contribution is 6.03. The molecule has 0 bridgehead atoms. The molecule has 0 unspecified atom stereocenters. The third-order valence-electron chi connectivity index (χ3n) is 4.00. The van der Waals surface area contributed by atoms with E-state index in [4.69, 9.17) is 5.73 Å². The fourth-order valence-electron chi connectivity index (χ4n) is 2.66. The Morgan fingerprint density at radius 1 is 1.21 bits per heavy atom. The number of hydrogen-bond acceptors (Lipinski definition) is 3. The number of carbonyl (C=O) groups is 2. The fourth-order valence-corrected chi connectivity index (χ4v) is 2.66. The van der Waals surface area contributed by atoms with E-state index in [1.165, 1.54) is 0 Å². The summed E-state index contributed by atoms with van der Waals surface area (Å²) in [5.41, 5.74) is 8.77. The summed E-state index contributed by atoms with van der Waals surface area (Å²) in [6.07, 6.45) is 0.193. The summed E-state index contributed by atoms with van der Waals surface area (Å²) in [7, 11) is 1.96. The summed E-state index contributed by atoms with van der Waals surface area (Å²) in [4.78, 5) is 28.2. The summed E-state index contributed by atoms with van der Waals surface area (Å²) in [5.74, 6) is 0.133. The van der Waals surface area contributed by atoms with Crippen LogP contribution in [-0.4, -0.2) is 21.4 Å². The van der Waals surface area contributed by atoms with E-state index >= 15 is 0 Å². The predicted octanol–water partition coefficient (Wildman–Crippen LogP) is 2.16. The average Bonchev–Trinajstić information content (AvgIpc) is 2.81. The summed E-state index contributed by atoms with van der Waals surface area (Å²) >= 11 is 0. The lowest BCUT2D eigenvalue weighted by molar-refractivity contribution is -0.115. The third-order valence-corrected chi connectivity index (χ3v) is 4.00. The van der Waals surface area contributed by atoms with Gasteiger partial charge < -0.3 is 15.6 Å². The summed E-state index contributed by atoms with van der Waals surface area (Å²) < 4.78 is 2.00. The highest BCUT2D eigenvalue weighted by Gasteiger charge is 2.12. The van der Waals surface area contributed by atoms with Crippen LogP contribution >= 0.6 is 0 Å². The minimum Gasteiger partial charge on any atom is -0.366 e. The Hall–Kier alpha value is -3.15. The fraction of sp³-hybridized carbons (Fsp3) is 0.167. The Morgan fingerprint density at radius 3 is 2.71 bits per heavy atom. The van der Waals surface area contributed by atoms with E-state index in [-0.39, 0.29) is 12.3 Å². The van der Waals surface area contributed by atoms with Gasteiger partial charge in [-0.25, -0.2) is 4.98 Å². The molecule has 3 N–H and O–H groups in total. The monoisotopic (exact) mass is 322 g/mol. The molecule has 6 heteroatoms. The van der Waals surface area contributed by atoms with Gasteiger partial charge in [0.1, 0.15) is 5.82 Å². The van der Waals surface area contributed by atoms with E-state index in [2.05, 4.69) is 10.3 Å². The third kappa shape index (κ3) is 2.99. The second kappa shape index (κ2) is 6.16. The lowest BCUT2D eigenvalue weighted by atomic mass is 10.1. The van der Waals surface area contributed by atoms with Crippen molar-refractivity contribution in [3.05, 3.63) is 59.4 Å². The van der Waals surface area contributed by atoms with Gasteiger partial charge in [-0.1, -0.05) is 18.2 Å². The number of benzene rings is 2. The van der Waals surface area contributed by atoms with Gasteiger partial charge in [-0.3, -0.25) is 9.59 Å². The molecule has 0 saturated heterocycles. The summed E-state index contributed by atoms with van der Waals surface area (Å²) in [6, 6.07) is 12.4. The average molecular weight is 322 g/mol. The van der Waals surface area contributed by atoms with Gasteiger partial charge in [0.25, 0.3) is 5.91 Å². The second-order valence-corrected chi connectivity index (χ2v) is 5.68. The van der Waals surface area contributed by atoms with Crippen LogP contribution in [0.4, 0.5) is 5.69 Å². The molecule has 3 aromatic rings. The molecule has 6 nitrogen and oxygen atoms in total. The molecule has 0 fully saturated rings. The van der Waals surface area contributed by atoms with Crippen LogP contribution in [-0.2, 0) is 18.3 Å². The van der Waals surface area contributed by atoms with Crippen LogP contribution in [0.2, 0.25) is 0 Å². The molecule has 1 heterocycles. The van der Waals surface area contributed by atoms with Crippen molar-refractivity contribution in [2.24, 2.45) is 12.8 Å². The van der Waals surface area contributed by atoms with Crippen LogP contribution in [0.3, 0.4) is 0 Å². The van der Waals surface area contributed by atoms with E-state index in [9.17, 15) is 9.59 Å². The molecule has 24 heavy (non-hydrogen) atoms. The number of amides is 2. The van der Waals surface area contributed by atoms with Gasteiger partial charge in [0, 0.05) is 7.05 Å². The minimum absolute atomic E-state index is 0.193. The van der Waals surface area contributed by atoms with Crippen LogP contribution in [0, 0.1) is 6.92 Å². The Morgan fingerprint density at radius 2 is 1.96 bits per heavy atom. The van der Waals surface area contributed by atoms with Gasteiger partial charge in [-0.2, -0.15) is 0 Å². The van der Waals surface area contributed by atoms with E-state index in [0.717, 1.165) is 22.4 Å². The molecule has 2 amide bonds. The minimum atomic E-state index is -0.573. The first-order valence-corrected chi connectivity index (χ1v) is 7.56. The van der Waals surface area contributed by atoms with Crippen molar-refractivity contribution < 1.29 is 9.59 Å². The smallest absolute Gasteiger partial charge is 0.250 e. The molecule has 0 aliphatic carbocycles. The molecule has 122 valence electrons. The maximum Gasteiger partial charge on any atom is 0.250 e. The molecular formula is C18H18N4O2. The van der Waals surface area contributed by atoms with Crippen LogP contribution < -0.4 is 11.1 Å². The number of aryl methyl sites for hydroxylation is 2. The van der Waals surface area contributed by atoms with E-state index in [1.807, 2.05) is 36.7 Å². The van der Waals surface area contributed by atoms with Crippen molar-refractivity contribution in [1.29, 1.82) is 0 Å². The van der Waals surface area contributed by atoms with Crippen molar-refractivity contribution in [1.82, 2.24) is 9.55 Å². The highest BCUT2D eigenvalue weighted by atomic mass is 16.2. The number of nitrogens with one attached hydrogen (secondary N) is 1. The standard InChI is InChI=1S/C18H18N4O2/c1-11-20-15-9-12(7-8-16(15)22(11)2)10-17(23)21-14-6-4-3-5-13(14)18(19)24/h3-9H,10H2,1-2H3,(H2,19,24)(H,21,23). The van der Waals surface area contributed by atoms with Gasteiger partial charge in [0.05, 0.1) is 28.7 Å². The first kappa shape index (κ1) is 15.7. The number of imidazole rings is 1. The van der Waals surface area contributed by atoms with Gasteiger partial charge in [0.2, 0.25) is 5.91 Å². The van der Waals surface area contributed by atoms with Crippen molar-refractivity contribution in [2.45, 2.75) is 13.3 Å². The molecule has 0 spiro atoms. The molecule has 0 aliphatic rings. The molecule has 1 aromatic heterocycles. The maximum atomic E-state index is 12.3. The molecule has 0 atom stereocenters. The van der Waals surface area contributed by atoms with Crippen molar-refractivity contribution in [3.63, 3.8) is 0 Å². The van der Waals surface area contributed by atoms with Crippen LogP contribution in [0.15, 0.2) is 42.5 Å². The number of nitrogens with zero attached hydrogens (tertiary/aromatic N) is 2. The van der Waals surface area contributed by atoms with Crippen molar-refractivity contribution in [3.8, 4) is 0 Å². The number of aromatic nitrogens is 2. The molecule has 2 aromatic carbocycles. The summed E-state index contributed by atoms with van der Waals surface area (Å²) in [5, 5.41) is 2.74. The van der Waals surface area contributed by atoms with E-state index in [0.29, 0.717) is 11.3 Å². The first-order chi connectivity index (χ1) is 11.5. The Labute approximate surface area is 139 Å². The maximum absolute atomic E-state index is 12.3. The number of hydrogen-bond donors (Lipinski definition) is 2. The number of anilines is 1. The Kier molecular flexibility index (Phi) is 4.04. The number of fused-ring (bicyclic) bond motifs is 1. The zero-order chi connectivity index (χ0) is 17.3. The van der Waals surface area contributed by atoms with Gasteiger partial charge >= 0.3 is 0 Å². The predicted molar refractivity (Wildman–Crippen MR) is 92.7 cm³/mol. The lowest BCUT2D eigenvalue weighted by Gasteiger charge is -2.09. The molecule has 0 aliphatic heterocycles. The normalized spacial score (nSPS) is 10.8. The SMILES string of the molecule is Cc1nc2cc(CC(=O)Nc3ccccc3C(N)=O)ccc2n1C. The van der Waals surface area contributed by atoms with Gasteiger partial charge in [-0.15, -0.1) is 0 Å². The zero-order valence-corrected chi connectivity index (χ0v) is 13.5. The lowest BCUT2D eigenvalue weighted by Crippen LogP contribution is -2.19. The van der Waals surface area contributed by atoms with Crippen LogP contribution in [0.25, 0.3) is 11.0 Å². The van der Waals surface area contributed by atoms with Crippen LogP contribution in [0.1, 0.15) is 21.7 Å². The summed E-state index contributed by atoms with van der Waals surface area (Å²) in [6.45, 7) is 1.94. The van der Waals surface area contributed by atoms with Crippen molar-refractivity contribution >= 4 is 28.5 Å². The Bertz CT molecular complexity index is 943. The highest BCUT2D eigenvalue weighted by Crippen LogP contribution is 2.18. The molecule has 3 rings (SSSR count). The molecule has 0 saturated carbocycles. The molecular weight excluding hydrogens is 304 g/mol. The van der Waals surface area contributed by atoms with Gasteiger partial charge in [-0.05, 0) is 36.8 Å². The topological polar surface area (TPSA) is 90.0 Å². The largest absolute Gasteiger partial charge is 0.366 e. The van der Waals surface area contributed by atoms with Gasteiger partial charge in [0.15, 0.2) is 0 Å². The first-order valence-electron chi connectivity index (χ1n) is 7.56. The van der Waals surface area contributed by atoms with E-state index < -0.39 is 5.91 Å². The number of nitrogens with two attached hydrogens (primary N) is 1. The molecule has 0 radical (unpaired) electrons. The van der Waals surface area contributed by atoms with E-state index in [1.54, 1.807) is 24.3 Å². The number of primary amides is 1. The number of rotatable bonds is 4. The Balaban J connectivity index is 1.79. The number of carbonyl (C=O) groups excluding carboxylic acids is 2. The van der Waals surface area contributed by atoms with Crippen molar-refractivity contribution in [2.75, 3.05) is 5.32 Å².